The molecule has 0 aromatic rings. The lowest BCUT2D eigenvalue weighted by Gasteiger charge is -2.26. The molecule has 4 heteroatoms. The Morgan fingerprint density at radius 1 is 1.42 bits per heavy atom. The molecule has 0 aromatic heterocycles. The van der Waals surface area contributed by atoms with Gasteiger partial charge in [0.25, 0.3) is 0 Å². The van der Waals surface area contributed by atoms with E-state index in [1.54, 1.807) is 0 Å². The summed E-state index contributed by atoms with van der Waals surface area (Å²) < 4.78 is 0. The van der Waals surface area contributed by atoms with E-state index < -0.39 is 5.97 Å². The lowest BCUT2D eigenvalue weighted by atomic mass is 9.85. The minimum absolute atomic E-state index is 0.0266. The molecule has 2 unspecified atom stereocenters. The number of aliphatic carboxylic acids is 1. The highest BCUT2D eigenvalue weighted by Gasteiger charge is 2.31. The van der Waals surface area contributed by atoms with Crippen LogP contribution in [0.25, 0.3) is 0 Å². The quantitative estimate of drug-likeness (QED) is 0.723. The van der Waals surface area contributed by atoms with E-state index in [1.165, 1.54) is 24.2 Å². The first kappa shape index (κ1) is 16.0. The van der Waals surface area contributed by atoms with Crippen LogP contribution in [0.5, 0.6) is 0 Å². The molecule has 0 radical (unpaired) electrons. The van der Waals surface area contributed by atoms with Crippen LogP contribution in [0.15, 0.2) is 0 Å². The topological polar surface area (TPSA) is 57.6 Å². The molecule has 2 atom stereocenters. The van der Waals surface area contributed by atoms with Gasteiger partial charge in [0.05, 0.1) is 0 Å². The minimum atomic E-state index is -0.910. The molecule has 1 fully saturated rings. The maximum absolute atomic E-state index is 12.4. The standard InChI is InChI=1S/C15H27NO3/c1-3-4-5-8-12(2)13-9-6-7-10-16(15(13)19)11-14(17)18/h12-13H,3-11H2,1-2H3,(H,17,18). The van der Waals surface area contributed by atoms with Gasteiger partial charge in [-0.15, -0.1) is 0 Å². The molecule has 19 heavy (non-hydrogen) atoms. The lowest BCUT2D eigenvalue weighted by molar-refractivity contribution is -0.146. The van der Waals surface area contributed by atoms with Crippen molar-refractivity contribution in [1.29, 1.82) is 0 Å². The minimum Gasteiger partial charge on any atom is -0.480 e. The van der Waals surface area contributed by atoms with Crippen LogP contribution < -0.4 is 0 Å². The number of rotatable bonds is 7. The van der Waals surface area contributed by atoms with Gasteiger partial charge in [0.15, 0.2) is 0 Å². The van der Waals surface area contributed by atoms with Crippen LogP contribution in [0.2, 0.25) is 0 Å². The predicted octanol–water partition coefficient (Wildman–Crippen LogP) is 2.92. The van der Waals surface area contributed by atoms with Crippen LogP contribution in [0, 0.1) is 11.8 Å². The van der Waals surface area contributed by atoms with Crippen LogP contribution in [-0.2, 0) is 9.59 Å². The maximum atomic E-state index is 12.4. The lowest BCUT2D eigenvalue weighted by Crippen LogP contribution is -2.40. The van der Waals surface area contributed by atoms with Crippen molar-refractivity contribution in [3.05, 3.63) is 0 Å². The van der Waals surface area contributed by atoms with Gasteiger partial charge < -0.3 is 10.0 Å². The highest BCUT2D eigenvalue weighted by Crippen LogP contribution is 2.28. The van der Waals surface area contributed by atoms with E-state index in [9.17, 15) is 9.59 Å². The molecule has 1 rings (SSSR count). The predicted molar refractivity (Wildman–Crippen MR) is 74.9 cm³/mol. The van der Waals surface area contributed by atoms with Gasteiger partial charge in [-0.25, -0.2) is 0 Å². The van der Waals surface area contributed by atoms with Crippen LogP contribution in [-0.4, -0.2) is 35.0 Å². The first-order valence-electron chi connectivity index (χ1n) is 7.56. The van der Waals surface area contributed by atoms with E-state index in [0.717, 1.165) is 25.7 Å². The highest BCUT2D eigenvalue weighted by atomic mass is 16.4. The van der Waals surface area contributed by atoms with Crippen LogP contribution in [0.3, 0.4) is 0 Å². The second kappa shape index (κ2) is 8.18. The molecule has 1 heterocycles. The zero-order chi connectivity index (χ0) is 14.3. The molecule has 0 aliphatic carbocycles. The van der Waals surface area contributed by atoms with Gasteiger partial charge in [0.2, 0.25) is 5.91 Å². The number of hydrogen-bond donors (Lipinski definition) is 1. The molecular weight excluding hydrogens is 242 g/mol. The van der Waals surface area contributed by atoms with Crippen LogP contribution >= 0.6 is 0 Å². The molecular formula is C15H27NO3. The van der Waals surface area contributed by atoms with Crippen molar-refractivity contribution in [2.75, 3.05) is 13.1 Å². The molecule has 0 bridgehead atoms. The van der Waals surface area contributed by atoms with Crippen molar-refractivity contribution < 1.29 is 14.7 Å². The van der Waals surface area contributed by atoms with E-state index in [2.05, 4.69) is 13.8 Å². The molecule has 0 saturated carbocycles. The largest absolute Gasteiger partial charge is 0.480 e. The number of unbranched alkanes of at least 4 members (excludes halogenated alkanes) is 2. The smallest absolute Gasteiger partial charge is 0.323 e. The SMILES string of the molecule is CCCCCC(C)C1CCCCN(CC(=O)O)C1=O. The van der Waals surface area contributed by atoms with Gasteiger partial charge in [-0.2, -0.15) is 0 Å². The second-order valence-electron chi connectivity index (χ2n) is 5.73. The Labute approximate surface area is 116 Å². The number of nitrogens with zero attached hydrogens (tertiary/aromatic N) is 1. The summed E-state index contributed by atoms with van der Waals surface area (Å²) in [5, 5.41) is 8.88. The molecule has 1 aliphatic heterocycles. The fourth-order valence-electron chi connectivity index (χ4n) is 2.90. The Bertz CT molecular complexity index is 304. The third kappa shape index (κ3) is 5.21. The second-order valence-corrected chi connectivity index (χ2v) is 5.73. The van der Waals surface area contributed by atoms with Gasteiger partial charge in [0, 0.05) is 12.5 Å². The van der Waals surface area contributed by atoms with Crippen molar-refractivity contribution in [3.63, 3.8) is 0 Å². The third-order valence-electron chi connectivity index (χ3n) is 4.10. The normalized spacial score (nSPS) is 22.1. The number of amides is 1. The first-order chi connectivity index (χ1) is 9.06. The molecule has 1 saturated heterocycles. The molecule has 1 N–H and O–H groups in total. The zero-order valence-corrected chi connectivity index (χ0v) is 12.2. The zero-order valence-electron chi connectivity index (χ0n) is 12.2. The monoisotopic (exact) mass is 269 g/mol. The summed E-state index contributed by atoms with van der Waals surface area (Å²) in [7, 11) is 0. The van der Waals surface area contributed by atoms with Crippen molar-refractivity contribution >= 4 is 11.9 Å². The van der Waals surface area contributed by atoms with Gasteiger partial charge in [-0.05, 0) is 25.2 Å². The number of carboxylic acid groups (broad SMARTS) is 1. The third-order valence-corrected chi connectivity index (χ3v) is 4.10. The number of carboxylic acids is 1. The number of hydrogen-bond acceptors (Lipinski definition) is 2. The number of likely N-dealkylation sites (tertiary alicyclic amines) is 1. The van der Waals surface area contributed by atoms with Crippen molar-refractivity contribution in [3.8, 4) is 0 Å². The van der Waals surface area contributed by atoms with Crippen LogP contribution in [0.4, 0.5) is 0 Å². The molecule has 4 nitrogen and oxygen atoms in total. The van der Waals surface area contributed by atoms with Crippen LogP contribution in [0.1, 0.15) is 58.8 Å². The highest BCUT2D eigenvalue weighted by molar-refractivity contribution is 5.83. The summed E-state index contributed by atoms with van der Waals surface area (Å²) in [6.45, 7) is 4.78. The molecule has 110 valence electrons. The fourth-order valence-corrected chi connectivity index (χ4v) is 2.90. The van der Waals surface area contributed by atoms with Gasteiger partial charge in [0.1, 0.15) is 6.54 Å². The Morgan fingerprint density at radius 3 is 2.79 bits per heavy atom. The van der Waals surface area contributed by atoms with Crippen molar-refractivity contribution in [1.82, 2.24) is 4.90 Å². The van der Waals surface area contributed by atoms with E-state index in [-0.39, 0.29) is 18.4 Å². The molecule has 1 aliphatic rings. The summed E-state index contributed by atoms with van der Waals surface area (Å²) in [6.07, 6.45) is 7.52. The molecule has 1 amide bonds. The van der Waals surface area contributed by atoms with E-state index in [4.69, 9.17) is 5.11 Å². The van der Waals surface area contributed by atoms with E-state index in [1.807, 2.05) is 0 Å². The Kier molecular flexibility index (Phi) is 6.89. The maximum Gasteiger partial charge on any atom is 0.323 e. The summed E-state index contributed by atoms with van der Waals surface area (Å²) in [4.78, 5) is 24.8. The Balaban J connectivity index is 2.58. The summed E-state index contributed by atoms with van der Waals surface area (Å²) in [5.41, 5.74) is 0. The van der Waals surface area contributed by atoms with E-state index >= 15 is 0 Å². The van der Waals surface area contributed by atoms with Gasteiger partial charge >= 0.3 is 5.97 Å². The summed E-state index contributed by atoms with van der Waals surface area (Å²) >= 11 is 0. The molecule has 0 spiro atoms. The number of carbonyl (C=O) groups excluding carboxylic acids is 1. The molecule has 0 aromatic carbocycles. The average molecular weight is 269 g/mol. The Morgan fingerprint density at radius 2 is 2.16 bits per heavy atom. The summed E-state index contributed by atoms with van der Waals surface area (Å²) in [6, 6.07) is 0. The summed E-state index contributed by atoms with van der Waals surface area (Å²) in [5.74, 6) is -0.455. The Hall–Kier alpha value is -1.06. The van der Waals surface area contributed by atoms with Crippen molar-refractivity contribution in [2.45, 2.75) is 58.8 Å². The van der Waals surface area contributed by atoms with Crippen molar-refractivity contribution in [2.24, 2.45) is 11.8 Å². The fraction of sp³-hybridized carbons (Fsp3) is 0.867. The number of carbonyl (C=O) groups is 2. The first-order valence-corrected chi connectivity index (χ1v) is 7.56. The van der Waals surface area contributed by atoms with Gasteiger partial charge in [-0.3, -0.25) is 9.59 Å². The van der Waals surface area contributed by atoms with Gasteiger partial charge in [-0.1, -0.05) is 39.5 Å². The van der Waals surface area contributed by atoms with E-state index in [0.29, 0.717) is 12.5 Å². The average Bonchev–Trinajstić information content (AvgIpc) is 2.52.